The molecule has 0 aliphatic carbocycles. The summed E-state index contributed by atoms with van der Waals surface area (Å²) in [5.74, 6) is 0.502. The fourth-order valence-corrected chi connectivity index (χ4v) is 1.82. The number of halogens is 3. The molecule has 1 N–H and O–H groups in total. The number of aromatic nitrogens is 1. The molecule has 1 heterocycles. The first-order valence-corrected chi connectivity index (χ1v) is 6.33. The van der Waals surface area contributed by atoms with E-state index in [9.17, 15) is 13.2 Å². The molecule has 0 unspecified atom stereocenters. The van der Waals surface area contributed by atoms with Crippen LogP contribution in [-0.4, -0.2) is 11.5 Å². The van der Waals surface area contributed by atoms with Gasteiger partial charge >= 0.3 is 6.18 Å². The summed E-state index contributed by atoms with van der Waals surface area (Å²) in [5.41, 5.74) is 0.605. The van der Waals surface area contributed by atoms with E-state index in [0.717, 1.165) is 25.1 Å². The van der Waals surface area contributed by atoms with E-state index in [2.05, 4.69) is 10.3 Å². The highest BCUT2D eigenvalue weighted by molar-refractivity contribution is 5.60. The van der Waals surface area contributed by atoms with E-state index in [4.69, 9.17) is 4.42 Å². The minimum atomic E-state index is -4.33. The summed E-state index contributed by atoms with van der Waals surface area (Å²) in [6.45, 7) is 3.42. The molecule has 0 fully saturated rings. The third kappa shape index (κ3) is 3.39. The number of hydrogen-bond donors (Lipinski definition) is 1. The zero-order valence-electron chi connectivity index (χ0n) is 11.0. The zero-order valence-corrected chi connectivity index (χ0v) is 11.0. The van der Waals surface area contributed by atoms with Crippen molar-refractivity contribution in [2.45, 2.75) is 26.1 Å². The van der Waals surface area contributed by atoms with Crippen LogP contribution in [0.5, 0.6) is 0 Å². The monoisotopic (exact) mass is 284 g/mol. The van der Waals surface area contributed by atoms with Crippen LogP contribution in [0.15, 0.2) is 35.1 Å². The second-order valence-corrected chi connectivity index (χ2v) is 4.38. The maximum Gasteiger partial charge on any atom is 0.416 e. The SMILES string of the molecule is CCCNCc1ncoc1-c1ccc(C(F)(F)F)cc1. The number of rotatable bonds is 5. The van der Waals surface area contributed by atoms with E-state index < -0.39 is 11.7 Å². The summed E-state index contributed by atoms with van der Waals surface area (Å²) in [7, 11) is 0. The molecule has 108 valence electrons. The molecule has 20 heavy (non-hydrogen) atoms. The Kier molecular flexibility index (Phi) is 4.44. The minimum Gasteiger partial charge on any atom is -0.443 e. The Morgan fingerprint density at radius 3 is 2.50 bits per heavy atom. The lowest BCUT2D eigenvalue weighted by atomic mass is 10.1. The highest BCUT2D eigenvalue weighted by Gasteiger charge is 2.30. The molecule has 0 radical (unpaired) electrons. The van der Waals surface area contributed by atoms with Gasteiger partial charge in [0.05, 0.1) is 5.56 Å². The van der Waals surface area contributed by atoms with Crippen molar-refractivity contribution < 1.29 is 17.6 Å². The average molecular weight is 284 g/mol. The molecule has 1 aromatic heterocycles. The predicted molar refractivity (Wildman–Crippen MR) is 68.9 cm³/mol. The summed E-state index contributed by atoms with van der Waals surface area (Å²) in [5, 5.41) is 3.18. The van der Waals surface area contributed by atoms with E-state index in [1.807, 2.05) is 6.92 Å². The lowest BCUT2D eigenvalue weighted by Gasteiger charge is -2.07. The van der Waals surface area contributed by atoms with Gasteiger partial charge in [0.15, 0.2) is 12.2 Å². The van der Waals surface area contributed by atoms with Gasteiger partial charge in [0.1, 0.15) is 5.69 Å². The molecule has 0 saturated carbocycles. The zero-order chi connectivity index (χ0) is 14.6. The fourth-order valence-electron chi connectivity index (χ4n) is 1.82. The summed E-state index contributed by atoms with van der Waals surface area (Å²) < 4.78 is 42.8. The summed E-state index contributed by atoms with van der Waals surface area (Å²) in [4.78, 5) is 4.08. The van der Waals surface area contributed by atoms with Gasteiger partial charge in [-0.15, -0.1) is 0 Å². The normalized spacial score (nSPS) is 11.8. The Morgan fingerprint density at radius 2 is 1.90 bits per heavy atom. The number of hydrogen-bond acceptors (Lipinski definition) is 3. The average Bonchev–Trinajstić information content (AvgIpc) is 2.87. The molecule has 0 spiro atoms. The Morgan fingerprint density at radius 1 is 1.20 bits per heavy atom. The molecule has 0 amide bonds. The minimum absolute atomic E-state index is 0.502. The van der Waals surface area contributed by atoms with Gasteiger partial charge in [-0.1, -0.05) is 19.1 Å². The Bertz CT molecular complexity index is 546. The second-order valence-electron chi connectivity index (χ2n) is 4.38. The number of benzene rings is 1. The molecule has 0 aliphatic rings. The first-order valence-electron chi connectivity index (χ1n) is 6.33. The van der Waals surface area contributed by atoms with Gasteiger partial charge < -0.3 is 9.73 Å². The topological polar surface area (TPSA) is 38.1 Å². The van der Waals surface area contributed by atoms with Gasteiger partial charge in [0.25, 0.3) is 0 Å². The van der Waals surface area contributed by atoms with E-state index in [1.165, 1.54) is 18.5 Å². The lowest BCUT2D eigenvalue weighted by molar-refractivity contribution is -0.137. The largest absolute Gasteiger partial charge is 0.443 e. The van der Waals surface area contributed by atoms with Crippen LogP contribution in [0.1, 0.15) is 24.6 Å². The third-order valence-corrected chi connectivity index (χ3v) is 2.83. The van der Waals surface area contributed by atoms with Gasteiger partial charge in [-0.05, 0) is 25.1 Å². The second kappa shape index (κ2) is 6.09. The van der Waals surface area contributed by atoms with Crippen molar-refractivity contribution in [2.75, 3.05) is 6.54 Å². The Labute approximate surface area is 114 Å². The van der Waals surface area contributed by atoms with E-state index in [-0.39, 0.29) is 0 Å². The molecule has 6 heteroatoms. The molecule has 2 aromatic rings. The van der Waals surface area contributed by atoms with Gasteiger partial charge in [0, 0.05) is 12.1 Å². The van der Waals surface area contributed by atoms with Crippen molar-refractivity contribution in [2.24, 2.45) is 0 Å². The molecular formula is C14H15F3N2O. The van der Waals surface area contributed by atoms with Crippen LogP contribution in [0.2, 0.25) is 0 Å². The van der Waals surface area contributed by atoms with E-state index >= 15 is 0 Å². The summed E-state index contributed by atoms with van der Waals surface area (Å²) in [6.07, 6.45) is -2.03. The lowest BCUT2D eigenvalue weighted by Crippen LogP contribution is -2.14. The Balaban J connectivity index is 2.18. The molecule has 0 aliphatic heterocycles. The van der Waals surface area contributed by atoms with Gasteiger partial charge in [-0.3, -0.25) is 0 Å². The number of nitrogens with zero attached hydrogens (tertiary/aromatic N) is 1. The van der Waals surface area contributed by atoms with Crippen molar-refractivity contribution in [3.63, 3.8) is 0 Å². The van der Waals surface area contributed by atoms with Crippen molar-refractivity contribution in [3.05, 3.63) is 41.9 Å². The quantitative estimate of drug-likeness (QED) is 0.847. The van der Waals surface area contributed by atoms with Crippen molar-refractivity contribution in [1.82, 2.24) is 10.3 Å². The maximum atomic E-state index is 12.5. The number of oxazole rings is 1. The van der Waals surface area contributed by atoms with Crippen LogP contribution in [0.4, 0.5) is 13.2 Å². The maximum absolute atomic E-state index is 12.5. The van der Waals surface area contributed by atoms with Crippen LogP contribution < -0.4 is 5.32 Å². The van der Waals surface area contributed by atoms with Crippen LogP contribution in [0.25, 0.3) is 11.3 Å². The van der Waals surface area contributed by atoms with Crippen molar-refractivity contribution >= 4 is 0 Å². The van der Waals surface area contributed by atoms with E-state index in [1.54, 1.807) is 0 Å². The summed E-state index contributed by atoms with van der Waals surface area (Å²) >= 11 is 0. The molecule has 2 rings (SSSR count). The molecule has 0 saturated heterocycles. The van der Waals surface area contributed by atoms with E-state index in [0.29, 0.717) is 23.6 Å². The van der Waals surface area contributed by atoms with Crippen molar-refractivity contribution in [1.29, 1.82) is 0 Å². The van der Waals surface area contributed by atoms with Crippen LogP contribution in [0, 0.1) is 0 Å². The summed E-state index contributed by atoms with van der Waals surface area (Å²) in [6, 6.07) is 4.88. The predicted octanol–water partition coefficient (Wildman–Crippen LogP) is 3.86. The van der Waals surface area contributed by atoms with Crippen LogP contribution in [0.3, 0.4) is 0 Å². The molecule has 0 bridgehead atoms. The molecule has 1 aromatic carbocycles. The molecular weight excluding hydrogens is 269 g/mol. The smallest absolute Gasteiger partial charge is 0.416 e. The Hall–Kier alpha value is -1.82. The fraction of sp³-hybridized carbons (Fsp3) is 0.357. The first kappa shape index (κ1) is 14.6. The van der Waals surface area contributed by atoms with Gasteiger partial charge in [-0.2, -0.15) is 13.2 Å². The highest BCUT2D eigenvalue weighted by Crippen LogP contribution is 2.31. The number of nitrogens with one attached hydrogen (secondary N) is 1. The molecule has 0 atom stereocenters. The third-order valence-electron chi connectivity index (χ3n) is 2.83. The highest BCUT2D eigenvalue weighted by atomic mass is 19.4. The van der Waals surface area contributed by atoms with Crippen LogP contribution >= 0.6 is 0 Å². The molecule has 3 nitrogen and oxygen atoms in total. The standard InChI is InChI=1S/C14H15F3N2O/c1-2-7-18-8-12-13(20-9-19-12)10-3-5-11(6-4-10)14(15,16)17/h3-6,9,18H,2,7-8H2,1H3. The first-order chi connectivity index (χ1) is 9.52. The number of alkyl halides is 3. The van der Waals surface area contributed by atoms with Gasteiger partial charge in [0.2, 0.25) is 0 Å². The van der Waals surface area contributed by atoms with Crippen LogP contribution in [-0.2, 0) is 12.7 Å². The van der Waals surface area contributed by atoms with Crippen molar-refractivity contribution in [3.8, 4) is 11.3 Å². The van der Waals surface area contributed by atoms with Gasteiger partial charge in [-0.25, -0.2) is 4.98 Å².